The number of rotatable bonds is 4. The molecule has 0 fully saturated rings. The second-order valence-electron chi connectivity index (χ2n) is 2.24. The fourth-order valence-corrected chi connectivity index (χ4v) is 0.629. The summed E-state index contributed by atoms with van der Waals surface area (Å²) in [6.45, 7) is 3.98. The minimum atomic E-state index is -0.439. The van der Waals surface area contributed by atoms with Crippen LogP contribution in [0.4, 0.5) is 0 Å². The molecule has 0 aliphatic rings. The third kappa shape index (κ3) is 7.07. The van der Waals surface area contributed by atoms with Gasteiger partial charge in [0.05, 0.1) is 6.10 Å². The van der Waals surface area contributed by atoms with Crippen LogP contribution in [-0.2, 0) is 0 Å². The highest BCUT2D eigenvalue weighted by molar-refractivity contribution is 5.08. The zero-order valence-corrected chi connectivity index (χ0v) is 7.20. The van der Waals surface area contributed by atoms with Crippen molar-refractivity contribution in [3.63, 3.8) is 0 Å². The lowest BCUT2D eigenvalue weighted by molar-refractivity contribution is 0.271. The number of hydrogen-bond acceptors (Lipinski definition) is 1. The fourth-order valence-electron chi connectivity index (χ4n) is 0.629. The summed E-state index contributed by atoms with van der Waals surface area (Å²) in [5.74, 6) is 0. The molecule has 1 atom stereocenters. The van der Waals surface area contributed by atoms with Gasteiger partial charge in [0.2, 0.25) is 0 Å². The maximum Gasteiger partial charge on any atom is 0.0905 e. The summed E-state index contributed by atoms with van der Waals surface area (Å²) in [4.78, 5) is 0. The van der Waals surface area contributed by atoms with Gasteiger partial charge in [-0.2, -0.15) is 0 Å². The Morgan fingerprint density at radius 2 is 2.00 bits per heavy atom. The minimum absolute atomic E-state index is 0.439. The topological polar surface area (TPSA) is 20.2 Å². The van der Waals surface area contributed by atoms with Gasteiger partial charge in [-0.3, -0.25) is 0 Å². The lowest BCUT2D eigenvalue weighted by Gasteiger charge is -1.93. The summed E-state index contributed by atoms with van der Waals surface area (Å²) in [6, 6.07) is 0. The predicted molar refractivity (Wildman–Crippen MR) is 49.4 cm³/mol. The molecule has 62 valence electrons. The maximum absolute atomic E-state index is 9.20. The Kier molecular flexibility index (Phi) is 6.75. The molecule has 0 spiro atoms. The Labute approximate surface area is 68.7 Å². The standard InChI is InChI=1S/C10H16O/c1-3-5-7-9-10(11)8-6-4-2/h3,5-11H,4H2,1-2H3/b5-3+,8-6+,9-7+. The third-order valence-electron chi connectivity index (χ3n) is 1.18. The zero-order valence-electron chi connectivity index (χ0n) is 7.20. The van der Waals surface area contributed by atoms with Crippen LogP contribution in [-0.4, -0.2) is 11.2 Å². The van der Waals surface area contributed by atoms with Crippen molar-refractivity contribution in [2.45, 2.75) is 26.4 Å². The van der Waals surface area contributed by atoms with Crippen molar-refractivity contribution < 1.29 is 5.11 Å². The Morgan fingerprint density at radius 3 is 2.55 bits per heavy atom. The largest absolute Gasteiger partial charge is 0.385 e. The van der Waals surface area contributed by atoms with E-state index in [0.29, 0.717) is 0 Å². The van der Waals surface area contributed by atoms with Crippen molar-refractivity contribution in [1.29, 1.82) is 0 Å². The van der Waals surface area contributed by atoms with Gasteiger partial charge in [-0.15, -0.1) is 0 Å². The van der Waals surface area contributed by atoms with E-state index in [1.807, 2.05) is 38.2 Å². The summed E-state index contributed by atoms with van der Waals surface area (Å²) in [7, 11) is 0. The molecular weight excluding hydrogens is 136 g/mol. The second-order valence-corrected chi connectivity index (χ2v) is 2.24. The summed E-state index contributed by atoms with van der Waals surface area (Å²) >= 11 is 0. The zero-order chi connectivity index (χ0) is 8.53. The van der Waals surface area contributed by atoms with Gasteiger partial charge in [-0.1, -0.05) is 43.4 Å². The van der Waals surface area contributed by atoms with Gasteiger partial charge in [-0.25, -0.2) is 0 Å². The second kappa shape index (κ2) is 7.29. The molecular formula is C10H16O. The van der Waals surface area contributed by atoms with Crippen molar-refractivity contribution in [3.05, 3.63) is 36.5 Å². The van der Waals surface area contributed by atoms with Crippen LogP contribution in [0.3, 0.4) is 0 Å². The molecule has 0 heterocycles. The van der Waals surface area contributed by atoms with Crippen LogP contribution in [0.5, 0.6) is 0 Å². The van der Waals surface area contributed by atoms with Gasteiger partial charge in [0.25, 0.3) is 0 Å². The van der Waals surface area contributed by atoms with Gasteiger partial charge in [0, 0.05) is 0 Å². The first-order valence-corrected chi connectivity index (χ1v) is 3.95. The third-order valence-corrected chi connectivity index (χ3v) is 1.18. The highest BCUT2D eigenvalue weighted by atomic mass is 16.3. The van der Waals surface area contributed by atoms with Crippen LogP contribution in [0.1, 0.15) is 20.3 Å². The van der Waals surface area contributed by atoms with Gasteiger partial charge < -0.3 is 5.11 Å². The highest BCUT2D eigenvalue weighted by Gasteiger charge is 1.86. The number of aliphatic hydroxyl groups is 1. The van der Waals surface area contributed by atoms with E-state index in [-0.39, 0.29) is 0 Å². The molecule has 1 unspecified atom stereocenters. The molecule has 1 N–H and O–H groups in total. The van der Waals surface area contributed by atoms with E-state index in [1.54, 1.807) is 12.2 Å². The van der Waals surface area contributed by atoms with E-state index in [1.165, 1.54) is 0 Å². The van der Waals surface area contributed by atoms with Gasteiger partial charge in [0.15, 0.2) is 0 Å². The predicted octanol–water partition coefficient (Wildman–Crippen LogP) is 2.45. The highest BCUT2D eigenvalue weighted by Crippen LogP contribution is 1.91. The van der Waals surface area contributed by atoms with Gasteiger partial charge >= 0.3 is 0 Å². The monoisotopic (exact) mass is 152 g/mol. The molecule has 0 saturated carbocycles. The Hall–Kier alpha value is -0.820. The first kappa shape index (κ1) is 10.2. The van der Waals surface area contributed by atoms with Crippen molar-refractivity contribution in [3.8, 4) is 0 Å². The Morgan fingerprint density at radius 1 is 1.27 bits per heavy atom. The summed E-state index contributed by atoms with van der Waals surface area (Å²) in [6.07, 6.45) is 11.7. The number of allylic oxidation sites excluding steroid dienone is 4. The van der Waals surface area contributed by atoms with Crippen LogP contribution in [0.2, 0.25) is 0 Å². The van der Waals surface area contributed by atoms with Crippen molar-refractivity contribution in [2.24, 2.45) is 0 Å². The van der Waals surface area contributed by atoms with Crippen LogP contribution in [0.15, 0.2) is 36.5 Å². The Balaban J connectivity index is 3.67. The first-order chi connectivity index (χ1) is 5.31. The molecule has 0 radical (unpaired) electrons. The summed E-state index contributed by atoms with van der Waals surface area (Å²) in [5, 5.41) is 9.20. The Bertz CT molecular complexity index is 154. The number of aliphatic hydroxyl groups excluding tert-OH is 1. The normalized spacial score (nSPS) is 15.5. The summed E-state index contributed by atoms with van der Waals surface area (Å²) < 4.78 is 0. The lowest BCUT2D eigenvalue weighted by atomic mass is 10.2. The molecule has 0 saturated heterocycles. The van der Waals surface area contributed by atoms with E-state index in [2.05, 4.69) is 0 Å². The molecule has 0 aromatic rings. The van der Waals surface area contributed by atoms with Crippen molar-refractivity contribution >= 4 is 0 Å². The lowest BCUT2D eigenvalue weighted by Crippen LogP contribution is -1.94. The van der Waals surface area contributed by atoms with E-state index in [4.69, 9.17) is 0 Å². The SMILES string of the molecule is C/C=C/C=C/C(O)/C=C/CC. The fraction of sp³-hybridized carbons (Fsp3) is 0.400. The van der Waals surface area contributed by atoms with E-state index in [9.17, 15) is 5.11 Å². The molecule has 11 heavy (non-hydrogen) atoms. The average Bonchev–Trinajstić information content (AvgIpc) is 2.01. The van der Waals surface area contributed by atoms with Crippen LogP contribution < -0.4 is 0 Å². The van der Waals surface area contributed by atoms with E-state index in [0.717, 1.165) is 6.42 Å². The van der Waals surface area contributed by atoms with Gasteiger partial charge in [-0.05, 0) is 13.3 Å². The molecule has 1 heteroatoms. The minimum Gasteiger partial charge on any atom is -0.385 e. The van der Waals surface area contributed by atoms with Crippen LogP contribution >= 0.6 is 0 Å². The van der Waals surface area contributed by atoms with E-state index >= 15 is 0 Å². The first-order valence-electron chi connectivity index (χ1n) is 3.95. The molecule has 0 rings (SSSR count). The molecule has 0 amide bonds. The van der Waals surface area contributed by atoms with Crippen LogP contribution in [0.25, 0.3) is 0 Å². The smallest absolute Gasteiger partial charge is 0.0905 e. The molecule has 0 aromatic carbocycles. The van der Waals surface area contributed by atoms with Crippen molar-refractivity contribution in [2.75, 3.05) is 0 Å². The van der Waals surface area contributed by atoms with Crippen LogP contribution in [0, 0.1) is 0 Å². The van der Waals surface area contributed by atoms with E-state index < -0.39 is 6.10 Å². The molecule has 0 bridgehead atoms. The van der Waals surface area contributed by atoms with Gasteiger partial charge in [0.1, 0.15) is 0 Å². The quantitative estimate of drug-likeness (QED) is 0.484. The number of hydrogen-bond donors (Lipinski definition) is 1. The summed E-state index contributed by atoms with van der Waals surface area (Å²) in [5.41, 5.74) is 0. The molecule has 0 aliphatic carbocycles. The molecule has 1 nitrogen and oxygen atoms in total. The van der Waals surface area contributed by atoms with Crippen molar-refractivity contribution in [1.82, 2.24) is 0 Å². The molecule has 0 aromatic heterocycles. The maximum atomic E-state index is 9.20. The average molecular weight is 152 g/mol. The molecule has 0 aliphatic heterocycles.